The average molecular weight is 180 g/mol. The Hall–Kier alpha value is -0.720. The van der Waals surface area contributed by atoms with Crippen LogP contribution >= 0.6 is 0 Å². The molecule has 0 aliphatic carbocycles. The van der Waals surface area contributed by atoms with Crippen molar-refractivity contribution < 1.29 is 4.74 Å². The Morgan fingerprint density at radius 1 is 1.46 bits per heavy atom. The van der Waals surface area contributed by atoms with Crippen LogP contribution in [0.5, 0.6) is 0 Å². The first-order valence-electron chi connectivity index (χ1n) is 5.33. The molecule has 1 nitrogen and oxygen atoms in total. The van der Waals surface area contributed by atoms with E-state index in [0.717, 1.165) is 18.6 Å². The van der Waals surface area contributed by atoms with E-state index in [-0.39, 0.29) is 0 Å². The lowest BCUT2D eigenvalue weighted by Gasteiger charge is -2.26. The van der Waals surface area contributed by atoms with Gasteiger partial charge in [0.25, 0.3) is 0 Å². The Morgan fingerprint density at radius 2 is 2.23 bits per heavy atom. The first kappa shape index (κ1) is 10.4. The summed E-state index contributed by atoms with van der Waals surface area (Å²) in [5, 5.41) is 0. The van der Waals surface area contributed by atoms with Gasteiger partial charge in [-0.3, -0.25) is 0 Å². The van der Waals surface area contributed by atoms with Crippen molar-refractivity contribution in [3.8, 4) is 0 Å². The van der Waals surface area contributed by atoms with Gasteiger partial charge in [0.05, 0.1) is 6.10 Å². The van der Waals surface area contributed by atoms with Crippen molar-refractivity contribution >= 4 is 0 Å². The highest BCUT2D eigenvalue weighted by molar-refractivity contribution is 5.22. The molecule has 74 valence electrons. The molecule has 0 saturated heterocycles. The topological polar surface area (TPSA) is 9.23 Å². The van der Waals surface area contributed by atoms with Crippen molar-refractivity contribution in [2.24, 2.45) is 0 Å². The maximum Gasteiger partial charge on any atom is 0.118 e. The van der Waals surface area contributed by atoms with E-state index in [0.29, 0.717) is 6.10 Å². The lowest BCUT2D eigenvalue weighted by molar-refractivity contribution is 0.0956. The third kappa shape index (κ3) is 2.61. The monoisotopic (exact) mass is 180 g/mol. The SMILES string of the molecule is C/C=C\C1=C(CC)CCC(CC)O1. The van der Waals surface area contributed by atoms with Gasteiger partial charge in [0.15, 0.2) is 0 Å². The Balaban J connectivity index is 2.73. The molecule has 1 atom stereocenters. The van der Waals surface area contributed by atoms with Gasteiger partial charge in [0.1, 0.15) is 5.76 Å². The summed E-state index contributed by atoms with van der Waals surface area (Å²) in [6.07, 6.45) is 9.26. The quantitative estimate of drug-likeness (QED) is 0.641. The van der Waals surface area contributed by atoms with Gasteiger partial charge < -0.3 is 4.74 Å². The molecule has 1 heterocycles. The van der Waals surface area contributed by atoms with Crippen LogP contribution in [0.4, 0.5) is 0 Å². The smallest absolute Gasteiger partial charge is 0.118 e. The number of allylic oxidation sites excluding steroid dienone is 3. The third-order valence-electron chi connectivity index (χ3n) is 2.61. The number of rotatable bonds is 3. The van der Waals surface area contributed by atoms with Crippen LogP contribution in [0.1, 0.15) is 46.5 Å². The number of ether oxygens (including phenoxy) is 1. The zero-order valence-electron chi connectivity index (χ0n) is 8.97. The summed E-state index contributed by atoms with van der Waals surface area (Å²) in [6, 6.07) is 0. The molecule has 0 amide bonds. The van der Waals surface area contributed by atoms with Crippen molar-refractivity contribution in [3.63, 3.8) is 0 Å². The van der Waals surface area contributed by atoms with E-state index < -0.39 is 0 Å². The van der Waals surface area contributed by atoms with Gasteiger partial charge in [-0.1, -0.05) is 19.9 Å². The summed E-state index contributed by atoms with van der Waals surface area (Å²) in [7, 11) is 0. The standard InChI is InChI=1S/C12H20O/c1-4-7-12-10(5-2)8-9-11(6-3)13-12/h4,7,11H,5-6,8-9H2,1-3H3/b7-4-. The Labute approximate surface area is 81.5 Å². The molecule has 0 aromatic carbocycles. The normalized spacial score (nSPS) is 23.8. The molecule has 1 unspecified atom stereocenters. The van der Waals surface area contributed by atoms with Crippen molar-refractivity contribution in [2.75, 3.05) is 0 Å². The lowest BCUT2D eigenvalue weighted by Crippen LogP contribution is -2.17. The minimum atomic E-state index is 0.446. The molecule has 0 radical (unpaired) electrons. The molecule has 0 bridgehead atoms. The maximum atomic E-state index is 5.87. The summed E-state index contributed by atoms with van der Waals surface area (Å²) >= 11 is 0. The lowest BCUT2D eigenvalue weighted by atomic mass is 9.99. The van der Waals surface area contributed by atoms with Crippen LogP contribution in [0.25, 0.3) is 0 Å². The highest BCUT2D eigenvalue weighted by atomic mass is 16.5. The van der Waals surface area contributed by atoms with Crippen LogP contribution in [0.2, 0.25) is 0 Å². The summed E-state index contributed by atoms with van der Waals surface area (Å²) in [5.74, 6) is 1.13. The van der Waals surface area contributed by atoms with E-state index in [1.165, 1.54) is 18.4 Å². The molecule has 0 saturated carbocycles. The van der Waals surface area contributed by atoms with E-state index in [4.69, 9.17) is 4.74 Å². The minimum absolute atomic E-state index is 0.446. The Morgan fingerprint density at radius 3 is 2.77 bits per heavy atom. The van der Waals surface area contributed by atoms with Crippen molar-refractivity contribution in [2.45, 2.75) is 52.6 Å². The summed E-state index contributed by atoms with van der Waals surface area (Å²) in [4.78, 5) is 0. The van der Waals surface area contributed by atoms with Crippen molar-refractivity contribution in [1.29, 1.82) is 0 Å². The second-order valence-corrected chi connectivity index (χ2v) is 3.51. The second kappa shape index (κ2) is 5.11. The van der Waals surface area contributed by atoms with Crippen LogP contribution in [-0.4, -0.2) is 6.10 Å². The van der Waals surface area contributed by atoms with Crippen molar-refractivity contribution in [3.05, 3.63) is 23.5 Å². The summed E-state index contributed by atoms with van der Waals surface area (Å²) < 4.78 is 5.87. The minimum Gasteiger partial charge on any atom is -0.491 e. The fraction of sp³-hybridized carbons (Fsp3) is 0.667. The fourth-order valence-corrected chi connectivity index (χ4v) is 1.73. The highest BCUT2D eigenvalue weighted by Gasteiger charge is 2.17. The molecule has 1 aliphatic rings. The molecule has 13 heavy (non-hydrogen) atoms. The molecule has 1 heteroatoms. The molecule has 0 N–H and O–H groups in total. The predicted octanol–water partition coefficient (Wildman–Crippen LogP) is 3.82. The number of hydrogen-bond acceptors (Lipinski definition) is 1. The van der Waals surface area contributed by atoms with E-state index in [1.807, 2.05) is 6.92 Å². The molecule has 0 fully saturated rings. The van der Waals surface area contributed by atoms with Gasteiger partial charge in [0.2, 0.25) is 0 Å². The van der Waals surface area contributed by atoms with Gasteiger partial charge in [0, 0.05) is 0 Å². The van der Waals surface area contributed by atoms with E-state index >= 15 is 0 Å². The molecule has 1 rings (SSSR count). The van der Waals surface area contributed by atoms with Gasteiger partial charge in [-0.05, 0) is 44.3 Å². The van der Waals surface area contributed by atoms with Gasteiger partial charge in [-0.25, -0.2) is 0 Å². The second-order valence-electron chi connectivity index (χ2n) is 3.51. The first-order valence-corrected chi connectivity index (χ1v) is 5.33. The first-order chi connectivity index (χ1) is 6.31. The van der Waals surface area contributed by atoms with Crippen LogP contribution in [0.3, 0.4) is 0 Å². The average Bonchev–Trinajstić information content (AvgIpc) is 2.18. The Bertz CT molecular complexity index is 213. The molecular weight excluding hydrogens is 160 g/mol. The van der Waals surface area contributed by atoms with E-state index in [2.05, 4.69) is 26.0 Å². The fourth-order valence-electron chi connectivity index (χ4n) is 1.73. The van der Waals surface area contributed by atoms with E-state index in [9.17, 15) is 0 Å². The van der Waals surface area contributed by atoms with Crippen LogP contribution in [0, 0.1) is 0 Å². The van der Waals surface area contributed by atoms with E-state index in [1.54, 1.807) is 0 Å². The molecule has 0 aromatic heterocycles. The van der Waals surface area contributed by atoms with Gasteiger partial charge in [-0.15, -0.1) is 0 Å². The van der Waals surface area contributed by atoms with Crippen molar-refractivity contribution in [1.82, 2.24) is 0 Å². The molecule has 1 aliphatic heterocycles. The predicted molar refractivity (Wildman–Crippen MR) is 56.5 cm³/mol. The zero-order chi connectivity index (χ0) is 9.68. The molecular formula is C12H20O. The summed E-state index contributed by atoms with van der Waals surface area (Å²) in [5.41, 5.74) is 1.47. The maximum absolute atomic E-state index is 5.87. The number of hydrogen-bond donors (Lipinski definition) is 0. The van der Waals surface area contributed by atoms with Crippen LogP contribution in [-0.2, 0) is 4.74 Å². The molecule has 0 spiro atoms. The Kier molecular flexibility index (Phi) is 4.07. The zero-order valence-corrected chi connectivity index (χ0v) is 8.97. The summed E-state index contributed by atoms with van der Waals surface area (Å²) in [6.45, 7) is 6.43. The van der Waals surface area contributed by atoms with Gasteiger partial charge >= 0.3 is 0 Å². The van der Waals surface area contributed by atoms with Crippen LogP contribution in [0.15, 0.2) is 23.5 Å². The van der Waals surface area contributed by atoms with Gasteiger partial charge in [-0.2, -0.15) is 0 Å². The van der Waals surface area contributed by atoms with Crippen LogP contribution < -0.4 is 0 Å². The highest BCUT2D eigenvalue weighted by Crippen LogP contribution is 2.27. The third-order valence-corrected chi connectivity index (χ3v) is 2.61. The molecule has 0 aromatic rings. The largest absolute Gasteiger partial charge is 0.491 e.